The summed E-state index contributed by atoms with van der Waals surface area (Å²) in [6.07, 6.45) is 5.06. The summed E-state index contributed by atoms with van der Waals surface area (Å²) >= 11 is 1.63. The van der Waals surface area contributed by atoms with E-state index in [-0.39, 0.29) is 0 Å². The Labute approximate surface area is 94.5 Å². The van der Waals surface area contributed by atoms with Gasteiger partial charge in [0.05, 0.1) is 10.6 Å². The van der Waals surface area contributed by atoms with Gasteiger partial charge in [0.1, 0.15) is 5.84 Å². The molecule has 1 saturated heterocycles. The minimum absolute atomic E-state index is 1.14. The van der Waals surface area contributed by atoms with Gasteiger partial charge >= 0.3 is 0 Å². The molecule has 1 fully saturated rings. The second-order valence-electron chi connectivity index (χ2n) is 4.03. The zero-order valence-corrected chi connectivity index (χ0v) is 9.46. The second kappa shape index (κ2) is 3.89. The Bertz CT molecular complexity index is 400. The van der Waals surface area contributed by atoms with Gasteiger partial charge in [-0.3, -0.25) is 0 Å². The van der Waals surface area contributed by atoms with Crippen LogP contribution in [0.3, 0.4) is 0 Å². The van der Waals surface area contributed by atoms with Crippen LogP contribution in [0.2, 0.25) is 0 Å². The summed E-state index contributed by atoms with van der Waals surface area (Å²) in [7, 11) is 0. The van der Waals surface area contributed by atoms with Crippen molar-refractivity contribution < 1.29 is 0 Å². The minimum atomic E-state index is 1.14. The van der Waals surface area contributed by atoms with E-state index in [2.05, 4.69) is 33.6 Å². The molecule has 2 nitrogen and oxygen atoms in total. The Morgan fingerprint density at radius 3 is 3.07 bits per heavy atom. The van der Waals surface area contributed by atoms with Crippen LogP contribution in [-0.2, 0) is 0 Å². The Morgan fingerprint density at radius 2 is 2.07 bits per heavy atom. The number of rotatable bonds is 0. The van der Waals surface area contributed by atoms with Gasteiger partial charge in [-0.05, 0) is 25.0 Å². The summed E-state index contributed by atoms with van der Waals surface area (Å²) < 4.78 is 4.61. The van der Waals surface area contributed by atoms with E-state index in [1.807, 2.05) is 0 Å². The maximum absolute atomic E-state index is 4.61. The van der Waals surface area contributed by atoms with E-state index in [1.54, 1.807) is 11.9 Å². The van der Waals surface area contributed by atoms with Crippen molar-refractivity contribution in [2.24, 2.45) is 4.40 Å². The number of para-hydroxylation sites is 1. The molecule has 1 aromatic rings. The summed E-state index contributed by atoms with van der Waals surface area (Å²) in [6, 6.07) is 8.57. The van der Waals surface area contributed by atoms with Crippen LogP contribution >= 0.6 is 11.9 Å². The van der Waals surface area contributed by atoms with Gasteiger partial charge in [-0.25, -0.2) is 0 Å². The zero-order valence-electron chi connectivity index (χ0n) is 8.65. The lowest BCUT2D eigenvalue weighted by Gasteiger charge is -2.29. The van der Waals surface area contributed by atoms with Gasteiger partial charge in [0.15, 0.2) is 0 Å². The molecule has 0 aliphatic carbocycles. The predicted molar refractivity (Wildman–Crippen MR) is 65.5 cm³/mol. The highest BCUT2D eigenvalue weighted by Crippen LogP contribution is 2.37. The van der Waals surface area contributed by atoms with E-state index >= 15 is 0 Å². The number of benzene rings is 1. The maximum atomic E-state index is 4.61. The van der Waals surface area contributed by atoms with Crippen molar-refractivity contribution in [3.63, 3.8) is 0 Å². The topological polar surface area (TPSA) is 15.6 Å². The van der Waals surface area contributed by atoms with Gasteiger partial charge in [0.25, 0.3) is 0 Å². The first kappa shape index (κ1) is 9.28. The van der Waals surface area contributed by atoms with Gasteiger partial charge < -0.3 is 4.90 Å². The highest BCUT2D eigenvalue weighted by atomic mass is 32.2. The van der Waals surface area contributed by atoms with Crippen LogP contribution in [0.4, 0.5) is 5.69 Å². The number of hydrogen-bond donors (Lipinski definition) is 0. The molecule has 0 unspecified atom stereocenters. The molecule has 0 atom stereocenters. The lowest BCUT2D eigenvalue weighted by atomic mass is 10.2. The van der Waals surface area contributed by atoms with Crippen LogP contribution in [0.15, 0.2) is 33.6 Å². The second-order valence-corrected chi connectivity index (χ2v) is 4.83. The average Bonchev–Trinajstić information content (AvgIpc) is 2.54. The van der Waals surface area contributed by atoms with Crippen LogP contribution in [0, 0.1) is 0 Å². The third kappa shape index (κ3) is 1.65. The van der Waals surface area contributed by atoms with E-state index in [0.29, 0.717) is 0 Å². The normalized spacial score (nSPS) is 20.0. The molecule has 2 heterocycles. The van der Waals surface area contributed by atoms with E-state index in [1.165, 1.54) is 35.7 Å². The first-order valence-corrected chi connectivity index (χ1v) is 6.33. The van der Waals surface area contributed by atoms with E-state index < -0.39 is 0 Å². The SMILES string of the molecule is c1ccc2c(c1)SN=C1CCCCCN12. The zero-order chi connectivity index (χ0) is 10.1. The highest BCUT2D eigenvalue weighted by molar-refractivity contribution is 7.98. The van der Waals surface area contributed by atoms with E-state index in [4.69, 9.17) is 0 Å². The predicted octanol–water partition coefficient (Wildman–Crippen LogP) is 3.49. The third-order valence-corrected chi connectivity index (χ3v) is 3.84. The monoisotopic (exact) mass is 218 g/mol. The van der Waals surface area contributed by atoms with Crippen LogP contribution < -0.4 is 4.90 Å². The van der Waals surface area contributed by atoms with Gasteiger partial charge in [-0.1, -0.05) is 18.6 Å². The molecule has 3 rings (SSSR count). The fourth-order valence-corrected chi connectivity index (χ4v) is 3.01. The maximum Gasteiger partial charge on any atom is 0.117 e. The molecule has 0 saturated carbocycles. The van der Waals surface area contributed by atoms with Gasteiger partial charge in [0.2, 0.25) is 0 Å². The van der Waals surface area contributed by atoms with Crippen LogP contribution in [0.5, 0.6) is 0 Å². The molecular weight excluding hydrogens is 204 g/mol. The fraction of sp³-hybridized carbons (Fsp3) is 0.417. The molecule has 0 aromatic heterocycles. The largest absolute Gasteiger partial charge is 0.328 e. The van der Waals surface area contributed by atoms with E-state index in [0.717, 1.165) is 13.0 Å². The Balaban J connectivity index is 2.01. The third-order valence-electron chi connectivity index (χ3n) is 3.00. The Hall–Kier alpha value is -0.960. The summed E-state index contributed by atoms with van der Waals surface area (Å²) in [6.45, 7) is 1.14. The summed E-state index contributed by atoms with van der Waals surface area (Å²) in [5.41, 5.74) is 1.36. The van der Waals surface area contributed by atoms with Crippen molar-refractivity contribution in [2.45, 2.75) is 30.6 Å². The van der Waals surface area contributed by atoms with Crippen molar-refractivity contribution in [3.05, 3.63) is 24.3 Å². The number of amidine groups is 1. The molecule has 3 heteroatoms. The molecule has 0 bridgehead atoms. The number of fused-ring (bicyclic) bond motifs is 3. The van der Waals surface area contributed by atoms with Crippen LogP contribution in [-0.4, -0.2) is 12.4 Å². The first-order chi connectivity index (χ1) is 7.45. The van der Waals surface area contributed by atoms with E-state index in [9.17, 15) is 0 Å². The lowest BCUT2D eigenvalue weighted by molar-refractivity contribution is 0.735. The highest BCUT2D eigenvalue weighted by Gasteiger charge is 2.22. The summed E-state index contributed by atoms with van der Waals surface area (Å²) in [5, 5.41) is 0. The van der Waals surface area contributed by atoms with Gasteiger partial charge in [-0.2, -0.15) is 4.40 Å². The molecule has 0 N–H and O–H groups in total. The number of hydrogen-bond acceptors (Lipinski definition) is 3. The minimum Gasteiger partial charge on any atom is -0.328 e. The standard InChI is InChI=1S/C12H14N2S/c1-2-8-12-13-15-11-7-4-3-6-10(11)14(12)9-5-1/h3-4,6-7H,1-2,5,8-9H2. The smallest absolute Gasteiger partial charge is 0.117 e. The lowest BCUT2D eigenvalue weighted by Crippen LogP contribution is -2.31. The Kier molecular flexibility index (Phi) is 2.41. The number of nitrogens with zero attached hydrogens (tertiary/aromatic N) is 2. The molecule has 2 aliphatic rings. The molecule has 0 spiro atoms. The molecular formula is C12H14N2S. The van der Waals surface area contributed by atoms with Crippen molar-refractivity contribution in [3.8, 4) is 0 Å². The molecule has 0 radical (unpaired) electrons. The molecule has 1 aromatic carbocycles. The van der Waals surface area contributed by atoms with Gasteiger partial charge in [0, 0.05) is 24.9 Å². The molecule has 2 aliphatic heterocycles. The van der Waals surface area contributed by atoms with Crippen molar-refractivity contribution >= 4 is 23.5 Å². The van der Waals surface area contributed by atoms with Crippen molar-refractivity contribution in [2.75, 3.05) is 11.4 Å². The number of anilines is 1. The first-order valence-electron chi connectivity index (χ1n) is 5.55. The van der Waals surface area contributed by atoms with Gasteiger partial charge in [-0.15, -0.1) is 0 Å². The quantitative estimate of drug-likeness (QED) is 0.619. The fourth-order valence-electron chi connectivity index (χ4n) is 2.21. The van der Waals surface area contributed by atoms with Crippen LogP contribution in [0.25, 0.3) is 0 Å². The molecule has 15 heavy (non-hydrogen) atoms. The molecule has 0 amide bonds. The summed E-state index contributed by atoms with van der Waals surface area (Å²) in [5.74, 6) is 1.27. The summed E-state index contributed by atoms with van der Waals surface area (Å²) in [4.78, 5) is 3.70. The van der Waals surface area contributed by atoms with Crippen LogP contribution in [0.1, 0.15) is 25.7 Å². The van der Waals surface area contributed by atoms with Crippen molar-refractivity contribution in [1.29, 1.82) is 0 Å². The average molecular weight is 218 g/mol. The Morgan fingerprint density at radius 1 is 1.13 bits per heavy atom. The molecule has 78 valence electrons. The van der Waals surface area contributed by atoms with Crippen molar-refractivity contribution in [1.82, 2.24) is 0 Å².